The summed E-state index contributed by atoms with van der Waals surface area (Å²) in [6.45, 7) is 10.5. The van der Waals surface area contributed by atoms with Crippen LogP contribution in [0.15, 0.2) is 0 Å². The summed E-state index contributed by atoms with van der Waals surface area (Å²) in [5.41, 5.74) is 0. The third kappa shape index (κ3) is 6.36. The average molecular weight is 255 g/mol. The Labute approximate surface area is 111 Å². The predicted molar refractivity (Wildman–Crippen MR) is 75.6 cm³/mol. The highest BCUT2D eigenvalue weighted by molar-refractivity contribution is 5.76. The zero-order chi connectivity index (χ0) is 13.2. The van der Waals surface area contributed by atoms with Crippen LogP contribution < -0.4 is 10.6 Å². The Kier molecular flexibility index (Phi) is 8.01. The van der Waals surface area contributed by atoms with Crippen molar-refractivity contribution in [3.63, 3.8) is 0 Å². The zero-order valence-corrected chi connectivity index (χ0v) is 12.0. The Morgan fingerprint density at radius 3 is 2.61 bits per heavy atom. The fourth-order valence-electron chi connectivity index (χ4n) is 2.52. The van der Waals surface area contributed by atoms with Crippen molar-refractivity contribution in [2.45, 2.75) is 39.5 Å². The van der Waals surface area contributed by atoms with Crippen LogP contribution in [0.1, 0.15) is 39.5 Å². The lowest BCUT2D eigenvalue weighted by Gasteiger charge is -2.23. The van der Waals surface area contributed by atoms with Gasteiger partial charge in [0.25, 0.3) is 0 Å². The van der Waals surface area contributed by atoms with Crippen LogP contribution in [0.5, 0.6) is 0 Å². The second kappa shape index (κ2) is 9.34. The van der Waals surface area contributed by atoms with Gasteiger partial charge in [0.2, 0.25) is 5.91 Å². The summed E-state index contributed by atoms with van der Waals surface area (Å²) >= 11 is 0. The van der Waals surface area contributed by atoms with Crippen LogP contribution in [0.2, 0.25) is 0 Å². The van der Waals surface area contributed by atoms with Crippen LogP contribution in [0.3, 0.4) is 0 Å². The van der Waals surface area contributed by atoms with Crippen molar-refractivity contribution in [2.24, 2.45) is 5.92 Å². The Balaban J connectivity index is 2.08. The van der Waals surface area contributed by atoms with Gasteiger partial charge in [-0.25, -0.2) is 0 Å². The van der Waals surface area contributed by atoms with E-state index >= 15 is 0 Å². The molecule has 18 heavy (non-hydrogen) atoms. The minimum Gasteiger partial charge on any atom is -0.355 e. The van der Waals surface area contributed by atoms with Gasteiger partial charge in [0.05, 0.1) is 0 Å². The van der Waals surface area contributed by atoms with Gasteiger partial charge < -0.3 is 15.5 Å². The van der Waals surface area contributed by atoms with Gasteiger partial charge >= 0.3 is 0 Å². The van der Waals surface area contributed by atoms with Crippen LogP contribution >= 0.6 is 0 Å². The molecule has 0 atom stereocenters. The first-order chi connectivity index (χ1) is 8.76. The molecule has 0 aromatic carbocycles. The standard InChI is InChI=1S/C14H29N3O/c1-3-10-17(4-2)11-9-16-14(18)12-13-5-7-15-8-6-13/h13,15H,3-12H2,1-2H3,(H,16,18). The number of hydrogen-bond donors (Lipinski definition) is 2. The van der Waals surface area contributed by atoms with E-state index in [0.29, 0.717) is 12.3 Å². The van der Waals surface area contributed by atoms with Crippen molar-refractivity contribution in [3.05, 3.63) is 0 Å². The van der Waals surface area contributed by atoms with Gasteiger partial charge in [0.15, 0.2) is 0 Å². The average Bonchev–Trinajstić information content (AvgIpc) is 2.39. The van der Waals surface area contributed by atoms with E-state index in [1.54, 1.807) is 0 Å². The molecular weight excluding hydrogens is 226 g/mol. The molecule has 0 spiro atoms. The molecule has 0 unspecified atom stereocenters. The number of piperidine rings is 1. The summed E-state index contributed by atoms with van der Waals surface area (Å²) in [5.74, 6) is 0.818. The molecule has 1 rings (SSSR count). The third-order valence-electron chi connectivity index (χ3n) is 3.67. The maximum absolute atomic E-state index is 11.8. The summed E-state index contributed by atoms with van der Waals surface area (Å²) in [4.78, 5) is 14.2. The molecule has 1 aliphatic rings. The van der Waals surface area contributed by atoms with Crippen LogP contribution in [-0.2, 0) is 4.79 Å². The van der Waals surface area contributed by atoms with Crippen LogP contribution in [0.25, 0.3) is 0 Å². The van der Waals surface area contributed by atoms with Crippen molar-refractivity contribution >= 4 is 5.91 Å². The van der Waals surface area contributed by atoms with Gasteiger partial charge in [-0.05, 0) is 51.4 Å². The van der Waals surface area contributed by atoms with Crippen molar-refractivity contribution in [1.82, 2.24) is 15.5 Å². The first-order valence-corrected chi connectivity index (χ1v) is 7.46. The van der Waals surface area contributed by atoms with E-state index in [9.17, 15) is 4.79 Å². The lowest BCUT2D eigenvalue weighted by Crippen LogP contribution is -2.37. The summed E-state index contributed by atoms with van der Waals surface area (Å²) < 4.78 is 0. The predicted octanol–water partition coefficient (Wildman–Crippen LogP) is 1.22. The van der Waals surface area contributed by atoms with Crippen molar-refractivity contribution in [1.29, 1.82) is 0 Å². The third-order valence-corrected chi connectivity index (χ3v) is 3.67. The molecule has 4 heteroatoms. The fraction of sp³-hybridized carbons (Fsp3) is 0.929. The Bertz CT molecular complexity index is 227. The van der Waals surface area contributed by atoms with Gasteiger partial charge in [-0.15, -0.1) is 0 Å². The molecular formula is C14H29N3O. The van der Waals surface area contributed by atoms with Crippen molar-refractivity contribution in [3.8, 4) is 0 Å². The first kappa shape index (κ1) is 15.4. The number of carbonyl (C=O) groups excluding carboxylic acids is 1. The molecule has 2 N–H and O–H groups in total. The largest absolute Gasteiger partial charge is 0.355 e. The van der Waals surface area contributed by atoms with Crippen LogP contribution in [0.4, 0.5) is 0 Å². The summed E-state index contributed by atoms with van der Waals surface area (Å²) in [6.07, 6.45) is 4.17. The molecule has 0 bridgehead atoms. The molecule has 4 nitrogen and oxygen atoms in total. The summed E-state index contributed by atoms with van der Waals surface area (Å²) in [7, 11) is 0. The quantitative estimate of drug-likeness (QED) is 0.685. The molecule has 0 aliphatic carbocycles. The van der Waals surface area contributed by atoms with Crippen molar-refractivity contribution in [2.75, 3.05) is 39.3 Å². The SMILES string of the molecule is CCCN(CC)CCNC(=O)CC1CCNCC1. The molecule has 1 aliphatic heterocycles. The molecule has 1 heterocycles. The van der Waals surface area contributed by atoms with E-state index in [4.69, 9.17) is 0 Å². The van der Waals surface area contributed by atoms with Crippen LogP contribution in [-0.4, -0.2) is 50.1 Å². The van der Waals surface area contributed by atoms with E-state index in [-0.39, 0.29) is 5.91 Å². The van der Waals surface area contributed by atoms with Gasteiger partial charge in [-0.3, -0.25) is 4.79 Å². The van der Waals surface area contributed by atoms with E-state index in [0.717, 1.165) is 52.1 Å². The molecule has 106 valence electrons. The van der Waals surface area contributed by atoms with Gasteiger partial charge in [0, 0.05) is 19.5 Å². The first-order valence-electron chi connectivity index (χ1n) is 7.46. The highest BCUT2D eigenvalue weighted by Crippen LogP contribution is 2.15. The molecule has 0 aromatic rings. The minimum atomic E-state index is 0.231. The minimum absolute atomic E-state index is 0.231. The van der Waals surface area contributed by atoms with E-state index in [1.807, 2.05) is 0 Å². The van der Waals surface area contributed by atoms with E-state index in [2.05, 4.69) is 29.4 Å². The Morgan fingerprint density at radius 2 is 2.00 bits per heavy atom. The highest BCUT2D eigenvalue weighted by Gasteiger charge is 2.16. The number of nitrogens with zero attached hydrogens (tertiary/aromatic N) is 1. The maximum Gasteiger partial charge on any atom is 0.220 e. The second-order valence-corrected chi connectivity index (χ2v) is 5.18. The number of rotatable bonds is 8. The highest BCUT2D eigenvalue weighted by atomic mass is 16.1. The van der Waals surface area contributed by atoms with Gasteiger partial charge in [0.1, 0.15) is 0 Å². The number of likely N-dealkylation sites (N-methyl/N-ethyl adjacent to an activating group) is 1. The Hall–Kier alpha value is -0.610. The molecule has 1 fully saturated rings. The van der Waals surface area contributed by atoms with E-state index in [1.165, 1.54) is 6.42 Å². The number of amides is 1. The van der Waals surface area contributed by atoms with Crippen LogP contribution in [0, 0.1) is 5.92 Å². The molecule has 0 saturated carbocycles. The van der Waals surface area contributed by atoms with Crippen molar-refractivity contribution < 1.29 is 4.79 Å². The molecule has 1 saturated heterocycles. The summed E-state index contributed by atoms with van der Waals surface area (Å²) in [6, 6.07) is 0. The second-order valence-electron chi connectivity index (χ2n) is 5.18. The topological polar surface area (TPSA) is 44.4 Å². The normalized spacial score (nSPS) is 17.1. The lowest BCUT2D eigenvalue weighted by molar-refractivity contribution is -0.122. The zero-order valence-electron chi connectivity index (χ0n) is 12.0. The molecule has 0 radical (unpaired) electrons. The number of carbonyl (C=O) groups is 1. The smallest absolute Gasteiger partial charge is 0.220 e. The Morgan fingerprint density at radius 1 is 1.28 bits per heavy atom. The maximum atomic E-state index is 11.8. The van der Waals surface area contributed by atoms with Gasteiger partial charge in [-0.2, -0.15) is 0 Å². The summed E-state index contributed by atoms with van der Waals surface area (Å²) in [5, 5.41) is 6.38. The van der Waals surface area contributed by atoms with E-state index < -0.39 is 0 Å². The molecule has 0 aromatic heterocycles. The number of hydrogen-bond acceptors (Lipinski definition) is 3. The fourth-order valence-corrected chi connectivity index (χ4v) is 2.52. The molecule has 1 amide bonds. The monoisotopic (exact) mass is 255 g/mol. The lowest BCUT2D eigenvalue weighted by atomic mass is 9.94. The van der Waals surface area contributed by atoms with Gasteiger partial charge in [-0.1, -0.05) is 13.8 Å². The number of nitrogens with one attached hydrogen (secondary N) is 2.